The zero-order valence-electron chi connectivity index (χ0n) is 18.9. The Hall–Kier alpha value is -4.15. The van der Waals surface area contributed by atoms with Crippen LogP contribution in [0.15, 0.2) is 54.9 Å². The lowest BCUT2D eigenvalue weighted by Gasteiger charge is -2.19. The van der Waals surface area contributed by atoms with E-state index in [0.29, 0.717) is 22.1 Å². The number of rotatable bonds is 7. The predicted octanol–water partition coefficient (Wildman–Crippen LogP) is 4.53. The number of nitrogens with two attached hydrogens (primary N) is 1. The van der Waals surface area contributed by atoms with Crippen LogP contribution < -0.4 is 16.0 Å². The number of fused-ring (bicyclic) bond motifs is 1. The summed E-state index contributed by atoms with van der Waals surface area (Å²) >= 11 is 12.0. The molecule has 10 nitrogen and oxygen atoms in total. The Morgan fingerprint density at radius 1 is 1.14 bits per heavy atom. The highest BCUT2D eigenvalue weighted by atomic mass is 35.5. The molecule has 0 atom stereocenters. The summed E-state index contributed by atoms with van der Waals surface area (Å²) < 4.78 is 1.43. The van der Waals surface area contributed by atoms with Crippen LogP contribution in [0.25, 0.3) is 5.52 Å². The fraction of sp³-hybridized carbons (Fsp3) is 0.125. The van der Waals surface area contributed by atoms with Crippen molar-refractivity contribution in [3.05, 3.63) is 81.7 Å². The summed E-state index contributed by atoms with van der Waals surface area (Å²) in [7, 11) is 1.55. The number of aryl methyl sites for hydroxylation is 1. The van der Waals surface area contributed by atoms with Crippen LogP contribution in [0.3, 0.4) is 0 Å². The molecule has 0 bridgehead atoms. The molecule has 4 N–H and O–H groups in total. The SMILES string of the molecule is CN(C(=O)Nc1ccc(Cl)cc1Cl)c1cccc(C(=O)c2cc(CCC(=O)O)n3ncnc(N)c23)c1. The summed E-state index contributed by atoms with van der Waals surface area (Å²) in [4.78, 5) is 42.6. The number of aromatic nitrogens is 3. The summed E-state index contributed by atoms with van der Waals surface area (Å²) in [6.07, 6.45) is 1.25. The molecular weight excluding hydrogens is 507 g/mol. The van der Waals surface area contributed by atoms with Gasteiger partial charge in [-0.05, 0) is 36.4 Å². The van der Waals surface area contributed by atoms with E-state index in [1.54, 1.807) is 49.5 Å². The minimum Gasteiger partial charge on any atom is -0.481 e. The molecule has 2 aromatic carbocycles. The highest BCUT2D eigenvalue weighted by molar-refractivity contribution is 6.36. The molecule has 0 spiro atoms. The molecule has 0 fully saturated rings. The predicted molar refractivity (Wildman–Crippen MR) is 137 cm³/mol. The summed E-state index contributed by atoms with van der Waals surface area (Å²) in [6, 6.07) is 12.3. The molecule has 0 saturated heterocycles. The second kappa shape index (κ2) is 10.2. The van der Waals surface area contributed by atoms with Crippen molar-refractivity contribution in [2.24, 2.45) is 0 Å². The van der Waals surface area contributed by atoms with Gasteiger partial charge in [0.1, 0.15) is 11.8 Å². The first-order valence-corrected chi connectivity index (χ1v) is 11.4. The Morgan fingerprint density at radius 2 is 1.92 bits per heavy atom. The smallest absolute Gasteiger partial charge is 0.326 e. The number of amides is 2. The van der Waals surface area contributed by atoms with Crippen molar-refractivity contribution in [2.45, 2.75) is 12.8 Å². The number of carboxylic acid groups (broad SMARTS) is 1. The lowest BCUT2D eigenvalue weighted by Crippen LogP contribution is -2.31. The maximum Gasteiger partial charge on any atom is 0.326 e. The van der Waals surface area contributed by atoms with Crippen molar-refractivity contribution in [3.8, 4) is 0 Å². The van der Waals surface area contributed by atoms with Crippen LogP contribution in [-0.4, -0.2) is 44.5 Å². The minimum absolute atomic E-state index is 0.0856. The van der Waals surface area contributed by atoms with Gasteiger partial charge in [-0.2, -0.15) is 5.10 Å². The number of ketones is 1. The van der Waals surface area contributed by atoms with E-state index in [9.17, 15) is 14.4 Å². The van der Waals surface area contributed by atoms with E-state index in [1.807, 2.05) is 0 Å². The molecule has 0 unspecified atom stereocenters. The molecule has 4 aromatic rings. The van der Waals surface area contributed by atoms with E-state index >= 15 is 0 Å². The van der Waals surface area contributed by atoms with Gasteiger partial charge in [-0.25, -0.2) is 14.3 Å². The lowest BCUT2D eigenvalue weighted by atomic mass is 10.0. The fourth-order valence-corrected chi connectivity index (χ4v) is 4.09. The Balaban J connectivity index is 1.63. The van der Waals surface area contributed by atoms with Crippen molar-refractivity contribution in [2.75, 3.05) is 23.0 Å². The van der Waals surface area contributed by atoms with Crippen LogP contribution in [0.5, 0.6) is 0 Å². The molecule has 0 aliphatic heterocycles. The van der Waals surface area contributed by atoms with Gasteiger partial charge in [-0.1, -0.05) is 35.3 Å². The summed E-state index contributed by atoms with van der Waals surface area (Å²) in [5, 5.41) is 16.6. The van der Waals surface area contributed by atoms with E-state index in [0.717, 1.165) is 0 Å². The van der Waals surface area contributed by atoms with E-state index in [2.05, 4.69) is 15.4 Å². The normalized spacial score (nSPS) is 10.9. The lowest BCUT2D eigenvalue weighted by molar-refractivity contribution is -0.136. The molecule has 2 heterocycles. The Labute approximate surface area is 215 Å². The van der Waals surface area contributed by atoms with E-state index in [4.69, 9.17) is 34.0 Å². The molecule has 0 saturated carbocycles. The van der Waals surface area contributed by atoms with Crippen LogP contribution in [0, 0.1) is 0 Å². The van der Waals surface area contributed by atoms with Crippen molar-refractivity contribution in [1.29, 1.82) is 0 Å². The monoisotopic (exact) mass is 526 g/mol. The van der Waals surface area contributed by atoms with Gasteiger partial charge in [0.25, 0.3) is 0 Å². The highest BCUT2D eigenvalue weighted by Gasteiger charge is 2.22. The number of nitrogens with zero attached hydrogens (tertiary/aromatic N) is 4. The van der Waals surface area contributed by atoms with E-state index < -0.39 is 12.0 Å². The van der Waals surface area contributed by atoms with Crippen molar-refractivity contribution in [3.63, 3.8) is 0 Å². The Bertz CT molecular complexity index is 1500. The number of anilines is 3. The van der Waals surface area contributed by atoms with Crippen LogP contribution in [-0.2, 0) is 11.2 Å². The number of nitrogen functional groups attached to an aromatic ring is 1. The van der Waals surface area contributed by atoms with Gasteiger partial charge in [-0.15, -0.1) is 0 Å². The van der Waals surface area contributed by atoms with Gasteiger partial charge in [0.2, 0.25) is 0 Å². The van der Waals surface area contributed by atoms with Crippen LogP contribution >= 0.6 is 23.2 Å². The topological polar surface area (TPSA) is 143 Å². The molecular formula is C24H20Cl2N6O4. The first kappa shape index (κ1) is 25.0. The molecule has 184 valence electrons. The van der Waals surface area contributed by atoms with Crippen molar-refractivity contribution < 1.29 is 19.5 Å². The van der Waals surface area contributed by atoms with Crippen LogP contribution in [0.4, 0.5) is 22.0 Å². The quantitative estimate of drug-likeness (QED) is 0.300. The average molecular weight is 527 g/mol. The first-order chi connectivity index (χ1) is 17.2. The Kier molecular flexibility index (Phi) is 7.09. The van der Waals surface area contributed by atoms with E-state index in [-0.39, 0.29) is 46.1 Å². The second-order valence-electron chi connectivity index (χ2n) is 7.84. The summed E-state index contributed by atoms with van der Waals surface area (Å²) in [5.41, 5.74) is 8.18. The van der Waals surface area contributed by atoms with Gasteiger partial charge in [0.05, 0.1) is 22.7 Å². The van der Waals surface area contributed by atoms with Gasteiger partial charge in [-0.3, -0.25) is 14.5 Å². The maximum absolute atomic E-state index is 13.5. The zero-order valence-corrected chi connectivity index (χ0v) is 20.4. The molecule has 0 radical (unpaired) electrons. The van der Waals surface area contributed by atoms with Crippen molar-refractivity contribution >= 4 is 63.7 Å². The average Bonchev–Trinajstić information content (AvgIpc) is 3.23. The number of aliphatic carboxylic acids is 1. The van der Waals surface area contributed by atoms with E-state index in [1.165, 1.54) is 21.8 Å². The van der Waals surface area contributed by atoms with Gasteiger partial charge < -0.3 is 16.2 Å². The number of urea groups is 1. The zero-order chi connectivity index (χ0) is 26.0. The third kappa shape index (κ3) is 5.09. The molecule has 2 amide bonds. The minimum atomic E-state index is -0.978. The number of carbonyl (C=O) groups is 3. The first-order valence-electron chi connectivity index (χ1n) is 10.6. The Morgan fingerprint density at radius 3 is 2.64 bits per heavy atom. The molecule has 0 aliphatic rings. The number of hydrogen-bond donors (Lipinski definition) is 3. The molecule has 12 heteroatoms. The van der Waals surface area contributed by atoms with Gasteiger partial charge in [0.15, 0.2) is 11.6 Å². The number of carboxylic acids is 1. The van der Waals surface area contributed by atoms with Crippen LogP contribution in [0.2, 0.25) is 10.0 Å². The molecule has 0 aliphatic carbocycles. The fourth-order valence-electron chi connectivity index (χ4n) is 3.64. The van der Waals surface area contributed by atoms with Gasteiger partial charge in [0, 0.05) is 35.4 Å². The molecule has 2 aromatic heterocycles. The van der Waals surface area contributed by atoms with Gasteiger partial charge >= 0.3 is 12.0 Å². The number of nitrogens with one attached hydrogen (secondary N) is 1. The second-order valence-corrected chi connectivity index (χ2v) is 8.69. The summed E-state index contributed by atoms with van der Waals surface area (Å²) in [6.45, 7) is 0. The highest BCUT2D eigenvalue weighted by Crippen LogP contribution is 2.28. The molecule has 36 heavy (non-hydrogen) atoms. The number of benzene rings is 2. The number of carbonyl (C=O) groups excluding carboxylic acids is 2. The third-order valence-corrected chi connectivity index (χ3v) is 6.02. The maximum atomic E-state index is 13.5. The largest absolute Gasteiger partial charge is 0.481 e. The number of hydrogen-bond acceptors (Lipinski definition) is 6. The van der Waals surface area contributed by atoms with Crippen LogP contribution in [0.1, 0.15) is 28.0 Å². The standard InChI is InChI=1S/C24H20Cl2N6O4/c1-31(24(36)30-19-7-5-14(25)10-18(19)26)15-4-2-3-13(9-15)22(35)17-11-16(6-8-20(33)34)32-21(17)23(27)28-12-29-32/h2-5,7,9-12H,6,8H2,1H3,(H,30,36)(H,33,34)(H2,27,28,29). The molecule has 4 rings (SSSR count). The third-order valence-electron chi connectivity index (χ3n) is 5.47. The summed E-state index contributed by atoms with van der Waals surface area (Å²) in [5.74, 6) is -1.27. The number of halogens is 2. The van der Waals surface area contributed by atoms with Crippen molar-refractivity contribution in [1.82, 2.24) is 14.6 Å².